The lowest BCUT2D eigenvalue weighted by Gasteiger charge is -2.18. The van der Waals surface area contributed by atoms with Crippen molar-refractivity contribution in [1.29, 1.82) is 0 Å². The van der Waals surface area contributed by atoms with Crippen molar-refractivity contribution in [1.82, 2.24) is 0 Å². The summed E-state index contributed by atoms with van der Waals surface area (Å²) in [7, 11) is 0. The molecule has 0 aliphatic heterocycles. The van der Waals surface area contributed by atoms with Crippen molar-refractivity contribution in [2.45, 2.75) is 284 Å². The molecule has 0 aliphatic rings. The van der Waals surface area contributed by atoms with Crippen molar-refractivity contribution in [3.8, 4) is 0 Å². The molecule has 0 saturated carbocycles. The van der Waals surface area contributed by atoms with E-state index < -0.39 is 6.10 Å². The second kappa shape index (κ2) is 44.5. The first-order chi connectivity index (χ1) is 27.4. The minimum Gasteiger partial charge on any atom is -0.462 e. The van der Waals surface area contributed by atoms with Gasteiger partial charge in [-0.3, -0.25) is 14.4 Å². The summed E-state index contributed by atoms with van der Waals surface area (Å²) in [4.78, 5) is 37.6. The predicted molar refractivity (Wildman–Crippen MR) is 238 cm³/mol. The number of carbonyl (C=O) groups excluding carboxylic acids is 3. The molecular weight excluding hydrogens is 697 g/mol. The maximum atomic E-state index is 12.7. The van der Waals surface area contributed by atoms with Crippen LogP contribution in [-0.2, 0) is 28.6 Å². The first-order valence-electron chi connectivity index (χ1n) is 24.9. The Labute approximate surface area is 348 Å². The Morgan fingerprint density at radius 1 is 0.339 bits per heavy atom. The Balaban J connectivity index is 4.09. The van der Waals surface area contributed by atoms with Gasteiger partial charge in [0.2, 0.25) is 0 Å². The lowest BCUT2D eigenvalue weighted by atomic mass is 10.0. The van der Waals surface area contributed by atoms with Crippen LogP contribution in [0.15, 0.2) is 0 Å². The highest BCUT2D eigenvalue weighted by atomic mass is 16.6. The van der Waals surface area contributed by atoms with Crippen molar-refractivity contribution < 1.29 is 28.6 Å². The molecule has 0 rings (SSSR count). The minimum atomic E-state index is -0.758. The maximum absolute atomic E-state index is 12.7. The Bertz CT molecular complexity index is 841. The Morgan fingerprint density at radius 3 is 0.875 bits per heavy atom. The quantitative estimate of drug-likeness (QED) is 0.0347. The van der Waals surface area contributed by atoms with Gasteiger partial charge in [-0.15, -0.1) is 0 Å². The molecule has 0 amide bonds. The highest BCUT2D eigenvalue weighted by molar-refractivity contribution is 5.71. The molecule has 0 aromatic rings. The normalized spacial score (nSPS) is 11.9. The topological polar surface area (TPSA) is 78.9 Å². The van der Waals surface area contributed by atoms with Gasteiger partial charge in [-0.25, -0.2) is 0 Å². The van der Waals surface area contributed by atoms with E-state index in [9.17, 15) is 14.4 Å². The second-order valence-corrected chi connectivity index (χ2v) is 17.6. The monoisotopic (exact) mass is 793 g/mol. The van der Waals surface area contributed by atoms with Crippen LogP contribution < -0.4 is 0 Å². The first kappa shape index (κ1) is 54.4. The number of ether oxygens (including phenoxy) is 3. The molecule has 332 valence electrons. The van der Waals surface area contributed by atoms with Gasteiger partial charge < -0.3 is 14.2 Å². The highest BCUT2D eigenvalue weighted by Gasteiger charge is 2.19. The van der Waals surface area contributed by atoms with Gasteiger partial charge in [-0.1, -0.05) is 240 Å². The van der Waals surface area contributed by atoms with Crippen LogP contribution in [0.2, 0.25) is 0 Å². The summed E-state index contributed by atoms with van der Waals surface area (Å²) < 4.78 is 16.7. The van der Waals surface area contributed by atoms with Gasteiger partial charge in [0.1, 0.15) is 13.2 Å². The molecule has 0 radical (unpaired) electrons. The summed E-state index contributed by atoms with van der Waals surface area (Å²) in [5, 5.41) is 0. The molecule has 0 aromatic heterocycles. The van der Waals surface area contributed by atoms with E-state index in [1.807, 2.05) is 0 Å². The van der Waals surface area contributed by atoms with Gasteiger partial charge in [-0.2, -0.15) is 0 Å². The molecule has 0 N–H and O–H groups in total. The molecule has 0 aromatic carbocycles. The van der Waals surface area contributed by atoms with Crippen LogP contribution in [0.1, 0.15) is 278 Å². The van der Waals surface area contributed by atoms with E-state index in [1.165, 1.54) is 173 Å². The van der Waals surface area contributed by atoms with Crippen molar-refractivity contribution in [3.63, 3.8) is 0 Å². The molecular formula is C50H96O6. The number of hydrogen-bond donors (Lipinski definition) is 0. The van der Waals surface area contributed by atoms with Crippen LogP contribution in [0.25, 0.3) is 0 Å². The van der Waals surface area contributed by atoms with E-state index >= 15 is 0 Å². The summed E-state index contributed by atoms with van der Waals surface area (Å²) in [6.07, 6.45) is 45.4. The second-order valence-electron chi connectivity index (χ2n) is 17.6. The van der Waals surface area contributed by atoms with Crippen LogP contribution >= 0.6 is 0 Å². The zero-order chi connectivity index (χ0) is 41.0. The smallest absolute Gasteiger partial charge is 0.306 e. The third-order valence-electron chi connectivity index (χ3n) is 11.3. The van der Waals surface area contributed by atoms with E-state index in [2.05, 4.69) is 27.7 Å². The zero-order valence-electron chi connectivity index (χ0n) is 38.1. The van der Waals surface area contributed by atoms with Crippen LogP contribution in [-0.4, -0.2) is 37.2 Å². The first-order valence-corrected chi connectivity index (χ1v) is 24.9. The molecule has 0 heterocycles. The van der Waals surface area contributed by atoms with Gasteiger partial charge in [0.25, 0.3) is 0 Å². The van der Waals surface area contributed by atoms with E-state index in [0.29, 0.717) is 19.3 Å². The molecule has 0 aliphatic carbocycles. The molecule has 0 bridgehead atoms. The van der Waals surface area contributed by atoms with E-state index in [1.54, 1.807) is 0 Å². The van der Waals surface area contributed by atoms with Gasteiger partial charge in [-0.05, 0) is 25.2 Å². The highest BCUT2D eigenvalue weighted by Crippen LogP contribution is 2.17. The zero-order valence-corrected chi connectivity index (χ0v) is 38.1. The lowest BCUT2D eigenvalue weighted by molar-refractivity contribution is -0.167. The van der Waals surface area contributed by atoms with Gasteiger partial charge >= 0.3 is 17.9 Å². The SMILES string of the molecule is CCCCCCCCCCCCC(=O)O[C@@H](COC(=O)CCCCCCCCC)COC(=O)CCCCCCCCCCCCCCCCCCCCC(C)C. The van der Waals surface area contributed by atoms with E-state index in [-0.39, 0.29) is 31.1 Å². The summed E-state index contributed by atoms with van der Waals surface area (Å²) >= 11 is 0. The molecule has 56 heavy (non-hydrogen) atoms. The van der Waals surface area contributed by atoms with Crippen molar-refractivity contribution in [2.24, 2.45) is 5.92 Å². The fourth-order valence-electron chi connectivity index (χ4n) is 7.51. The van der Waals surface area contributed by atoms with Crippen LogP contribution in [0.5, 0.6) is 0 Å². The van der Waals surface area contributed by atoms with Gasteiger partial charge in [0.15, 0.2) is 6.10 Å². The molecule has 0 unspecified atom stereocenters. The average Bonchev–Trinajstić information content (AvgIpc) is 3.18. The van der Waals surface area contributed by atoms with Crippen molar-refractivity contribution in [3.05, 3.63) is 0 Å². The average molecular weight is 793 g/mol. The maximum Gasteiger partial charge on any atom is 0.306 e. The minimum absolute atomic E-state index is 0.0635. The molecule has 6 nitrogen and oxygen atoms in total. The largest absolute Gasteiger partial charge is 0.462 e. The predicted octanol–water partition coefficient (Wildman–Crippen LogP) is 15.9. The molecule has 6 heteroatoms. The van der Waals surface area contributed by atoms with Crippen molar-refractivity contribution in [2.75, 3.05) is 13.2 Å². The standard InChI is InChI=1S/C50H96O6/c1-5-7-9-11-13-14-26-31-35-39-43-50(53)56-47(44-54-48(51)41-37-33-28-12-10-8-6-2)45-55-49(52)42-38-34-30-27-24-22-20-18-16-15-17-19-21-23-25-29-32-36-40-46(3)4/h46-47H,5-45H2,1-4H3/t47-/m0/s1. The lowest BCUT2D eigenvalue weighted by Crippen LogP contribution is -2.30. The number of rotatable bonds is 45. The van der Waals surface area contributed by atoms with Gasteiger partial charge in [0.05, 0.1) is 0 Å². The van der Waals surface area contributed by atoms with Gasteiger partial charge in [0, 0.05) is 19.3 Å². The number of carbonyl (C=O) groups is 3. The third kappa shape index (κ3) is 43.5. The van der Waals surface area contributed by atoms with Crippen LogP contribution in [0.3, 0.4) is 0 Å². The number of esters is 3. The Morgan fingerprint density at radius 2 is 0.589 bits per heavy atom. The molecule has 1 atom stereocenters. The summed E-state index contributed by atoms with van der Waals surface area (Å²) in [6.45, 7) is 8.98. The summed E-state index contributed by atoms with van der Waals surface area (Å²) in [5.41, 5.74) is 0. The number of hydrogen-bond acceptors (Lipinski definition) is 6. The van der Waals surface area contributed by atoms with E-state index in [0.717, 1.165) is 63.7 Å². The fraction of sp³-hybridized carbons (Fsp3) is 0.940. The van der Waals surface area contributed by atoms with Crippen molar-refractivity contribution >= 4 is 17.9 Å². The molecule has 0 saturated heterocycles. The number of unbranched alkanes of at least 4 members (excludes halogenated alkanes) is 32. The van der Waals surface area contributed by atoms with Crippen LogP contribution in [0.4, 0.5) is 0 Å². The molecule has 0 spiro atoms. The Hall–Kier alpha value is -1.59. The summed E-state index contributed by atoms with van der Waals surface area (Å²) in [5.74, 6) is 0.00244. The third-order valence-corrected chi connectivity index (χ3v) is 11.3. The van der Waals surface area contributed by atoms with E-state index in [4.69, 9.17) is 14.2 Å². The fourth-order valence-corrected chi connectivity index (χ4v) is 7.51. The van der Waals surface area contributed by atoms with Crippen LogP contribution in [0, 0.1) is 5.92 Å². The Kier molecular flexibility index (Phi) is 43.2. The molecule has 0 fully saturated rings. The summed E-state index contributed by atoms with van der Waals surface area (Å²) in [6, 6.07) is 0.